The van der Waals surface area contributed by atoms with Gasteiger partial charge in [-0.25, -0.2) is 4.79 Å². The first kappa shape index (κ1) is 8.83. The number of hydrazine groups is 1. The van der Waals surface area contributed by atoms with Gasteiger partial charge in [0.05, 0.1) is 0 Å². The SMILES string of the molecule is O=C(O)c1ccc(C2=CNNC=C2)s1. The first-order valence-electron chi connectivity index (χ1n) is 3.98. The number of nitrogens with one attached hydrogen (secondary N) is 2. The van der Waals surface area contributed by atoms with E-state index in [1.54, 1.807) is 24.5 Å². The molecule has 2 heterocycles. The third-order valence-corrected chi connectivity index (χ3v) is 2.88. The number of thiophene rings is 1. The van der Waals surface area contributed by atoms with E-state index in [9.17, 15) is 4.79 Å². The molecule has 0 aromatic carbocycles. The summed E-state index contributed by atoms with van der Waals surface area (Å²) < 4.78 is 0. The zero-order valence-electron chi connectivity index (χ0n) is 7.15. The van der Waals surface area contributed by atoms with Gasteiger partial charge >= 0.3 is 5.97 Å². The number of rotatable bonds is 2. The Morgan fingerprint density at radius 1 is 1.36 bits per heavy atom. The fourth-order valence-electron chi connectivity index (χ4n) is 1.11. The lowest BCUT2D eigenvalue weighted by Crippen LogP contribution is -2.22. The zero-order valence-corrected chi connectivity index (χ0v) is 7.97. The van der Waals surface area contributed by atoms with Crippen LogP contribution in [0, 0.1) is 0 Å². The molecule has 0 bridgehead atoms. The van der Waals surface area contributed by atoms with E-state index in [1.807, 2.05) is 6.08 Å². The first-order chi connectivity index (χ1) is 6.77. The van der Waals surface area contributed by atoms with Gasteiger partial charge in [-0.3, -0.25) is 0 Å². The van der Waals surface area contributed by atoms with Crippen LogP contribution in [0.4, 0.5) is 0 Å². The van der Waals surface area contributed by atoms with Crippen molar-refractivity contribution in [3.63, 3.8) is 0 Å². The third-order valence-electron chi connectivity index (χ3n) is 1.76. The number of carboxylic acids is 1. The highest BCUT2D eigenvalue weighted by Crippen LogP contribution is 2.25. The second-order valence-electron chi connectivity index (χ2n) is 2.69. The third kappa shape index (κ3) is 1.62. The van der Waals surface area contributed by atoms with Gasteiger partial charge in [0, 0.05) is 22.9 Å². The Hall–Kier alpha value is -1.75. The summed E-state index contributed by atoms with van der Waals surface area (Å²) >= 11 is 1.26. The molecule has 1 aromatic rings. The van der Waals surface area contributed by atoms with Crippen LogP contribution in [0.3, 0.4) is 0 Å². The molecule has 0 atom stereocenters. The van der Waals surface area contributed by atoms with Gasteiger partial charge in [-0.05, 0) is 18.2 Å². The molecule has 0 saturated heterocycles. The molecule has 5 heteroatoms. The van der Waals surface area contributed by atoms with Crippen LogP contribution in [0.2, 0.25) is 0 Å². The molecule has 0 saturated carbocycles. The Morgan fingerprint density at radius 2 is 2.21 bits per heavy atom. The summed E-state index contributed by atoms with van der Waals surface area (Å²) in [4.78, 5) is 11.9. The van der Waals surface area contributed by atoms with Crippen LogP contribution in [-0.2, 0) is 0 Å². The average Bonchev–Trinajstić information content (AvgIpc) is 2.68. The summed E-state index contributed by atoms with van der Waals surface area (Å²) in [5.41, 5.74) is 6.60. The van der Waals surface area contributed by atoms with E-state index < -0.39 is 5.97 Å². The summed E-state index contributed by atoms with van der Waals surface area (Å²) in [7, 11) is 0. The van der Waals surface area contributed by atoms with Crippen LogP contribution < -0.4 is 10.9 Å². The summed E-state index contributed by atoms with van der Waals surface area (Å²) in [5, 5.41) is 8.74. The maximum Gasteiger partial charge on any atom is 0.345 e. The molecule has 0 unspecified atom stereocenters. The minimum atomic E-state index is -0.882. The van der Waals surface area contributed by atoms with Crippen LogP contribution in [-0.4, -0.2) is 11.1 Å². The predicted octanol–water partition coefficient (Wildman–Crippen LogP) is 1.41. The highest BCUT2D eigenvalue weighted by atomic mass is 32.1. The minimum Gasteiger partial charge on any atom is -0.477 e. The smallest absolute Gasteiger partial charge is 0.345 e. The highest BCUT2D eigenvalue weighted by molar-refractivity contribution is 7.15. The van der Waals surface area contributed by atoms with Gasteiger partial charge < -0.3 is 16.0 Å². The largest absolute Gasteiger partial charge is 0.477 e. The van der Waals surface area contributed by atoms with E-state index >= 15 is 0 Å². The normalized spacial score (nSPS) is 14.1. The quantitative estimate of drug-likeness (QED) is 0.687. The summed E-state index contributed by atoms with van der Waals surface area (Å²) in [5.74, 6) is -0.882. The van der Waals surface area contributed by atoms with Crippen LogP contribution in [0.5, 0.6) is 0 Å². The number of carbonyl (C=O) groups is 1. The fraction of sp³-hybridized carbons (Fsp3) is 0. The van der Waals surface area contributed by atoms with Crippen molar-refractivity contribution in [1.29, 1.82) is 0 Å². The maximum absolute atomic E-state index is 10.6. The molecule has 0 radical (unpaired) electrons. The van der Waals surface area contributed by atoms with E-state index in [-0.39, 0.29) is 0 Å². The Labute approximate surface area is 84.5 Å². The van der Waals surface area contributed by atoms with Crippen molar-refractivity contribution in [3.8, 4) is 0 Å². The van der Waals surface area contributed by atoms with Gasteiger partial charge in [-0.2, -0.15) is 0 Å². The van der Waals surface area contributed by atoms with Crippen molar-refractivity contribution >= 4 is 22.9 Å². The molecule has 4 nitrogen and oxygen atoms in total. The van der Waals surface area contributed by atoms with Crippen molar-refractivity contribution in [2.75, 3.05) is 0 Å². The fourth-order valence-corrected chi connectivity index (χ4v) is 1.95. The standard InChI is InChI=1S/C9H8N2O2S/c12-9(13)8-2-1-7(14-8)6-3-4-10-11-5-6/h1-5,10-11H,(H,12,13). The summed E-state index contributed by atoms with van der Waals surface area (Å²) in [6.07, 6.45) is 5.43. The molecule has 14 heavy (non-hydrogen) atoms. The number of allylic oxidation sites excluding steroid dienone is 2. The minimum absolute atomic E-state index is 0.354. The summed E-state index contributed by atoms with van der Waals surface area (Å²) in [6, 6.07) is 3.41. The molecule has 1 aliphatic rings. The summed E-state index contributed by atoms with van der Waals surface area (Å²) in [6.45, 7) is 0. The molecule has 0 amide bonds. The number of hydrogen-bond acceptors (Lipinski definition) is 4. The van der Waals surface area contributed by atoms with Crippen LogP contribution in [0.25, 0.3) is 5.57 Å². The number of aromatic carboxylic acids is 1. The average molecular weight is 208 g/mol. The molecule has 0 spiro atoms. The van der Waals surface area contributed by atoms with Crippen molar-refractivity contribution in [1.82, 2.24) is 10.9 Å². The number of hydrogen-bond donors (Lipinski definition) is 3. The van der Waals surface area contributed by atoms with Gasteiger partial charge in [0.25, 0.3) is 0 Å². The Morgan fingerprint density at radius 3 is 2.79 bits per heavy atom. The molecular formula is C9H8N2O2S. The van der Waals surface area contributed by atoms with Crippen LogP contribution in [0.15, 0.2) is 30.6 Å². The number of carboxylic acid groups (broad SMARTS) is 1. The van der Waals surface area contributed by atoms with Crippen molar-refractivity contribution in [2.24, 2.45) is 0 Å². The van der Waals surface area contributed by atoms with E-state index in [2.05, 4.69) is 10.9 Å². The second-order valence-corrected chi connectivity index (χ2v) is 3.77. The van der Waals surface area contributed by atoms with Crippen LogP contribution >= 0.6 is 11.3 Å². The Kier molecular flexibility index (Phi) is 2.24. The van der Waals surface area contributed by atoms with E-state index in [4.69, 9.17) is 5.11 Å². The Balaban J connectivity index is 2.28. The maximum atomic E-state index is 10.6. The van der Waals surface area contributed by atoms with Gasteiger partial charge in [0.15, 0.2) is 0 Å². The topological polar surface area (TPSA) is 61.4 Å². The lowest BCUT2D eigenvalue weighted by Gasteiger charge is -2.07. The second kappa shape index (κ2) is 3.55. The van der Waals surface area contributed by atoms with Crippen molar-refractivity contribution < 1.29 is 9.90 Å². The molecule has 2 rings (SSSR count). The van der Waals surface area contributed by atoms with Gasteiger partial charge in [-0.1, -0.05) is 0 Å². The lowest BCUT2D eigenvalue weighted by atomic mass is 10.2. The molecular weight excluding hydrogens is 200 g/mol. The molecule has 3 N–H and O–H groups in total. The molecule has 0 aliphatic carbocycles. The Bertz CT molecular complexity index is 420. The molecule has 1 aliphatic heterocycles. The molecule has 0 fully saturated rings. The van der Waals surface area contributed by atoms with E-state index in [0.717, 1.165) is 10.5 Å². The molecule has 1 aromatic heterocycles. The monoisotopic (exact) mass is 208 g/mol. The van der Waals surface area contributed by atoms with E-state index in [1.165, 1.54) is 11.3 Å². The van der Waals surface area contributed by atoms with Gasteiger partial charge in [0.2, 0.25) is 0 Å². The first-order valence-corrected chi connectivity index (χ1v) is 4.80. The van der Waals surface area contributed by atoms with Crippen LogP contribution in [0.1, 0.15) is 14.5 Å². The highest BCUT2D eigenvalue weighted by Gasteiger charge is 2.09. The predicted molar refractivity (Wildman–Crippen MR) is 54.7 cm³/mol. The lowest BCUT2D eigenvalue weighted by molar-refractivity contribution is 0.0702. The van der Waals surface area contributed by atoms with Gasteiger partial charge in [0.1, 0.15) is 4.88 Å². The molecule has 72 valence electrons. The van der Waals surface area contributed by atoms with Gasteiger partial charge in [-0.15, -0.1) is 11.3 Å². The zero-order chi connectivity index (χ0) is 9.97. The van der Waals surface area contributed by atoms with E-state index in [0.29, 0.717) is 4.88 Å². The van der Waals surface area contributed by atoms with Crippen molar-refractivity contribution in [2.45, 2.75) is 0 Å². The van der Waals surface area contributed by atoms with Crippen molar-refractivity contribution in [3.05, 3.63) is 40.4 Å².